The summed E-state index contributed by atoms with van der Waals surface area (Å²) in [7, 11) is 1.44. The van der Waals surface area contributed by atoms with Crippen molar-refractivity contribution < 1.29 is 19.4 Å². The van der Waals surface area contributed by atoms with Crippen molar-refractivity contribution in [3.63, 3.8) is 0 Å². The molecule has 2 aromatic carbocycles. The highest BCUT2D eigenvalue weighted by molar-refractivity contribution is 6.24. The summed E-state index contributed by atoms with van der Waals surface area (Å²) in [6.45, 7) is 1.77. The van der Waals surface area contributed by atoms with Crippen molar-refractivity contribution in [2.24, 2.45) is 0 Å². The molecule has 0 saturated carbocycles. The molecule has 5 nitrogen and oxygen atoms in total. The second-order valence-corrected chi connectivity index (χ2v) is 5.77. The van der Waals surface area contributed by atoms with Gasteiger partial charge in [-0.1, -0.05) is 30.3 Å². The zero-order valence-electron chi connectivity index (χ0n) is 12.9. The first-order valence-electron chi connectivity index (χ1n) is 7.27. The summed E-state index contributed by atoms with van der Waals surface area (Å²) in [5.74, 6) is -0.401. The van der Waals surface area contributed by atoms with Crippen LogP contribution in [0.5, 0.6) is 11.5 Å². The fourth-order valence-electron chi connectivity index (χ4n) is 2.93. The zero-order chi connectivity index (χ0) is 16.6. The maximum absolute atomic E-state index is 12.9. The number of aromatic hydroxyl groups is 1. The zero-order valence-corrected chi connectivity index (χ0v) is 12.9. The molecule has 5 heteroatoms. The molecule has 2 aromatic rings. The van der Waals surface area contributed by atoms with Gasteiger partial charge in [-0.15, -0.1) is 0 Å². The van der Waals surface area contributed by atoms with Crippen LogP contribution in [0.15, 0.2) is 48.5 Å². The molecule has 0 aromatic heterocycles. The third-order valence-corrected chi connectivity index (χ3v) is 4.26. The van der Waals surface area contributed by atoms with Crippen LogP contribution in [0, 0.1) is 0 Å². The molecule has 0 spiro atoms. The minimum atomic E-state index is -0.895. The lowest BCUT2D eigenvalue weighted by molar-refractivity contribution is -0.122. The summed E-state index contributed by atoms with van der Waals surface area (Å²) >= 11 is 0. The highest BCUT2D eigenvalue weighted by Gasteiger charge is 2.49. The molecule has 1 aliphatic heterocycles. The monoisotopic (exact) mass is 311 g/mol. The Morgan fingerprint density at radius 3 is 2.43 bits per heavy atom. The first kappa shape index (κ1) is 15.1. The van der Waals surface area contributed by atoms with Crippen LogP contribution >= 0.6 is 0 Å². The lowest BCUT2D eigenvalue weighted by Crippen LogP contribution is -2.36. The van der Waals surface area contributed by atoms with E-state index in [2.05, 4.69) is 0 Å². The number of hydrogen-bond acceptors (Lipinski definition) is 4. The number of ether oxygens (including phenoxy) is 1. The Bertz CT molecular complexity index is 772. The molecule has 0 aliphatic carbocycles. The average Bonchev–Trinajstić information content (AvgIpc) is 2.78. The van der Waals surface area contributed by atoms with E-state index in [1.54, 1.807) is 13.0 Å². The fraction of sp³-hybridized carbons (Fsp3) is 0.222. The van der Waals surface area contributed by atoms with Gasteiger partial charge in [-0.2, -0.15) is 0 Å². The normalized spacial score (nSPS) is 20.9. The first-order valence-corrected chi connectivity index (χ1v) is 7.27. The summed E-state index contributed by atoms with van der Waals surface area (Å²) < 4.78 is 4.99. The molecule has 0 unspecified atom stereocenters. The highest BCUT2D eigenvalue weighted by atomic mass is 16.5. The Kier molecular flexibility index (Phi) is 3.56. The molecule has 1 saturated heterocycles. The van der Waals surface area contributed by atoms with Gasteiger partial charge >= 0.3 is 0 Å². The SMILES string of the molecule is COc1ccc(N2C(=O)C[C@@](C)(c3ccccc3)C2=O)cc1O. The molecule has 3 rings (SSSR count). The van der Waals surface area contributed by atoms with E-state index < -0.39 is 5.41 Å². The predicted molar refractivity (Wildman–Crippen MR) is 85.6 cm³/mol. The molecule has 1 fully saturated rings. The van der Waals surface area contributed by atoms with Crippen molar-refractivity contribution in [3.05, 3.63) is 54.1 Å². The van der Waals surface area contributed by atoms with E-state index in [0.29, 0.717) is 11.4 Å². The predicted octanol–water partition coefficient (Wildman–Crippen LogP) is 2.62. The van der Waals surface area contributed by atoms with Gasteiger partial charge in [-0.3, -0.25) is 9.59 Å². The Balaban J connectivity index is 2.01. The topological polar surface area (TPSA) is 66.8 Å². The van der Waals surface area contributed by atoms with E-state index in [1.165, 1.54) is 19.2 Å². The summed E-state index contributed by atoms with van der Waals surface area (Å²) in [4.78, 5) is 26.5. The summed E-state index contributed by atoms with van der Waals surface area (Å²) in [6, 6.07) is 13.7. The van der Waals surface area contributed by atoms with Crippen molar-refractivity contribution in [2.45, 2.75) is 18.8 Å². The number of rotatable bonds is 3. The number of amides is 2. The van der Waals surface area contributed by atoms with Crippen LogP contribution < -0.4 is 9.64 Å². The van der Waals surface area contributed by atoms with Gasteiger partial charge in [-0.25, -0.2) is 4.90 Å². The van der Waals surface area contributed by atoms with Crippen molar-refractivity contribution >= 4 is 17.5 Å². The number of carbonyl (C=O) groups excluding carboxylic acids is 2. The summed E-state index contributed by atoms with van der Waals surface area (Å²) in [5.41, 5.74) is 0.255. The number of benzene rings is 2. The Morgan fingerprint density at radius 1 is 1.13 bits per heavy atom. The van der Waals surface area contributed by atoms with E-state index in [0.717, 1.165) is 10.5 Å². The van der Waals surface area contributed by atoms with Crippen molar-refractivity contribution in [2.75, 3.05) is 12.0 Å². The molecular weight excluding hydrogens is 294 g/mol. The van der Waals surface area contributed by atoms with Gasteiger partial charge in [0.1, 0.15) is 0 Å². The van der Waals surface area contributed by atoms with Crippen LogP contribution in [0.1, 0.15) is 18.9 Å². The van der Waals surface area contributed by atoms with Crippen LogP contribution in [-0.2, 0) is 15.0 Å². The van der Waals surface area contributed by atoms with Gasteiger partial charge in [0.25, 0.3) is 0 Å². The first-order chi connectivity index (χ1) is 11.0. The molecule has 1 aliphatic rings. The summed E-state index contributed by atoms with van der Waals surface area (Å²) in [5, 5.41) is 9.90. The van der Waals surface area contributed by atoms with Crippen LogP contribution in [0.25, 0.3) is 0 Å². The van der Waals surface area contributed by atoms with Crippen molar-refractivity contribution in [3.8, 4) is 11.5 Å². The van der Waals surface area contributed by atoms with E-state index in [9.17, 15) is 14.7 Å². The van der Waals surface area contributed by atoms with Crippen molar-refractivity contribution in [1.29, 1.82) is 0 Å². The number of anilines is 1. The minimum Gasteiger partial charge on any atom is -0.504 e. The van der Waals surface area contributed by atoms with E-state index >= 15 is 0 Å². The maximum Gasteiger partial charge on any atom is 0.244 e. The standard InChI is InChI=1S/C18H17NO4/c1-18(12-6-4-3-5-7-12)11-16(21)19(17(18)22)13-8-9-15(23-2)14(20)10-13/h3-10,20H,11H2,1-2H3/t18-/m0/s1. The van der Waals surface area contributed by atoms with Gasteiger partial charge in [0.05, 0.1) is 18.2 Å². The second kappa shape index (κ2) is 5.43. The smallest absolute Gasteiger partial charge is 0.244 e. The Hall–Kier alpha value is -2.82. The van der Waals surface area contributed by atoms with Crippen molar-refractivity contribution in [1.82, 2.24) is 0 Å². The van der Waals surface area contributed by atoms with E-state index in [4.69, 9.17) is 4.74 Å². The van der Waals surface area contributed by atoms with Crippen LogP contribution in [0.2, 0.25) is 0 Å². The number of phenolic OH excluding ortho intramolecular Hbond substituents is 1. The lowest BCUT2D eigenvalue weighted by atomic mass is 9.81. The third-order valence-electron chi connectivity index (χ3n) is 4.26. The number of hydrogen-bond donors (Lipinski definition) is 1. The van der Waals surface area contributed by atoms with E-state index in [-0.39, 0.29) is 24.0 Å². The number of carbonyl (C=O) groups is 2. The molecule has 2 amide bonds. The molecule has 118 valence electrons. The number of phenols is 1. The highest BCUT2D eigenvalue weighted by Crippen LogP contribution is 2.40. The number of imide groups is 1. The average molecular weight is 311 g/mol. The lowest BCUT2D eigenvalue weighted by Gasteiger charge is -2.23. The minimum absolute atomic E-state index is 0.0998. The maximum atomic E-state index is 12.9. The number of nitrogens with zero attached hydrogens (tertiary/aromatic N) is 1. The number of methoxy groups -OCH3 is 1. The molecule has 0 bridgehead atoms. The quantitative estimate of drug-likeness (QED) is 0.885. The van der Waals surface area contributed by atoms with Gasteiger partial charge < -0.3 is 9.84 Å². The van der Waals surface area contributed by atoms with Crippen LogP contribution in [0.3, 0.4) is 0 Å². The second-order valence-electron chi connectivity index (χ2n) is 5.77. The van der Waals surface area contributed by atoms with Gasteiger partial charge in [-0.05, 0) is 24.6 Å². The van der Waals surface area contributed by atoms with Gasteiger partial charge in [0.2, 0.25) is 11.8 Å². The largest absolute Gasteiger partial charge is 0.504 e. The molecule has 1 N–H and O–H groups in total. The van der Waals surface area contributed by atoms with Gasteiger partial charge in [0.15, 0.2) is 11.5 Å². The molecule has 1 atom stereocenters. The van der Waals surface area contributed by atoms with Crippen LogP contribution in [-0.4, -0.2) is 24.0 Å². The molecular formula is C18H17NO4. The third kappa shape index (κ3) is 2.34. The van der Waals surface area contributed by atoms with E-state index in [1.807, 2.05) is 30.3 Å². The van der Waals surface area contributed by atoms with Crippen LogP contribution in [0.4, 0.5) is 5.69 Å². The Labute approximate surface area is 134 Å². The molecule has 0 radical (unpaired) electrons. The van der Waals surface area contributed by atoms with Gasteiger partial charge in [0, 0.05) is 12.5 Å². The molecule has 23 heavy (non-hydrogen) atoms. The fourth-order valence-corrected chi connectivity index (χ4v) is 2.93. The Morgan fingerprint density at radius 2 is 1.83 bits per heavy atom. The molecule has 1 heterocycles. The summed E-state index contributed by atoms with van der Waals surface area (Å²) in [6.07, 6.45) is 0.0998.